The fraction of sp³-hybridized carbons (Fsp3) is 1.00. The van der Waals surface area contributed by atoms with Gasteiger partial charge in [0.15, 0.2) is 0 Å². The van der Waals surface area contributed by atoms with Crippen molar-refractivity contribution < 1.29 is 0 Å². The minimum Gasteiger partial charge on any atom is -0.326 e. The summed E-state index contributed by atoms with van der Waals surface area (Å²) in [7, 11) is 2.16. The third-order valence-electron chi connectivity index (χ3n) is 2.77. The highest BCUT2D eigenvalue weighted by Crippen LogP contribution is 2.51. The highest BCUT2D eigenvalue weighted by atomic mass is 15.2. The standard InChI is InChI=1S/C7H14N2.C2H6/c1-9-4-6(8)7(5-9)2-3-7;1-2/h6H,2-5,8H2,1H3;1-2H3. The first kappa shape index (κ1) is 9.01. The Morgan fingerprint density at radius 2 is 1.91 bits per heavy atom. The lowest BCUT2D eigenvalue weighted by atomic mass is 10.0. The van der Waals surface area contributed by atoms with Crippen molar-refractivity contribution in [3.63, 3.8) is 0 Å². The third-order valence-corrected chi connectivity index (χ3v) is 2.77. The van der Waals surface area contributed by atoms with Gasteiger partial charge in [-0.05, 0) is 25.3 Å². The van der Waals surface area contributed by atoms with Crippen LogP contribution in [-0.2, 0) is 0 Å². The second-order valence-electron chi connectivity index (χ2n) is 3.67. The molecule has 2 nitrogen and oxygen atoms in total. The van der Waals surface area contributed by atoms with Crippen molar-refractivity contribution in [2.75, 3.05) is 20.1 Å². The predicted molar refractivity (Wildman–Crippen MR) is 48.5 cm³/mol. The third kappa shape index (κ3) is 1.57. The highest BCUT2D eigenvalue weighted by molar-refractivity contribution is 5.07. The van der Waals surface area contributed by atoms with Crippen LogP contribution < -0.4 is 5.73 Å². The Morgan fingerprint density at radius 3 is 2.09 bits per heavy atom. The summed E-state index contributed by atoms with van der Waals surface area (Å²) in [5.74, 6) is 0. The number of hydrogen-bond donors (Lipinski definition) is 1. The number of likely N-dealkylation sites (tertiary alicyclic amines) is 1. The van der Waals surface area contributed by atoms with Crippen LogP contribution in [0.3, 0.4) is 0 Å². The first-order chi connectivity index (χ1) is 5.23. The second kappa shape index (κ2) is 3.11. The number of nitrogens with two attached hydrogens (primary N) is 1. The van der Waals surface area contributed by atoms with Gasteiger partial charge in [-0.1, -0.05) is 13.8 Å². The average molecular weight is 156 g/mol. The van der Waals surface area contributed by atoms with Crippen molar-refractivity contribution in [1.29, 1.82) is 0 Å². The Hall–Kier alpha value is -0.0800. The molecule has 1 unspecified atom stereocenters. The van der Waals surface area contributed by atoms with E-state index in [0.717, 1.165) is 6.54 Å². The van der Waals surface area contributed by atoms with Crippen LogP contribution in [0.1, 0.15) is 26.7 Å². The summed E-state index contributed by atoms with van der Waals surface area (Å²) in [5, 5.41) is 0. The SMILES string of the molecule is CC.CN1CC(N)C2(CC2)C1. The summed E-state index contributed by atoms with van der Waals surface area (Å²) in [6.07, 6.45) is 2.75. The predicted octanol–water partition coefficient (Wildman–Crippen LogP) is 1.07. The van der Waals surface area contributed by atoms with E-state index >= 15 is 0 Å². The van der Waals surface area contributed by atoms with E-state index in [-0.39, 0.29) is 0 Å². The Labute approximate surface area is 69.8 Å². The van der Waals surface area contributed by atoms with Gasteiger partial charge >= 0.3 is 0 Å². The van der Waals surface area contributed by atoms with Crippen LogP contribution in [0.4, 0.5) is 0 Å². The maximum absolute atomic E-state index is 5.92. The number of nitrogens with zero attached hydrogens (tertiary/aromatic N) is 1. The molecule has 2 N–H and O–H groups in total. The van der Waals surface area contributed by atoms with Gasteiger partial charge in [0.1, 0.15) is 0 Å². The molecule has 0 bridgehead atoms. The molecule has 0 aromatic heterocycles. The minimum absolute atomic E-state index is 0.475. The molecule has 11 heavy (non-hydrogen) atoms. The number of hydrogen-bond acceptors (Lipinski definition) is 2. The van der Waals surface area contributed by atoms with Crippen LogP contribution in [0, 0.1) is 5.41 Å². The zero-order chi connectivity index (χ0) is 8.48. The van der Waals surface area contributed by atoms with Gasteiger partial charge in [-0.3, -0.25) is 0 Å². The molecular weight excluding hydrogens is 136 g/mol. The summed E-state index contributed by atoms with van der Waals surface area (Å²) >= 11 is 0. The lowest BCUT2D eigenvalue weighted by molar-refractivity contribution is 0.389. The molecule has 0 amide bonds. The molecular formula is C9H20N2. The van der Waals surface area contributed by atoms with Crippen LogP contribution in [0.15, 0.2) is 0 Å². The molecule has 66 valence electrons. The normalized spacial score (nSPS) is 33.3. The molecule has 2 aliphatic rings. The molecule has 0 radical (unpaired) electrons. The Morgan fingerprint density at radius 1 is 1.36 bits per heavy atom. The Kier molecular flexibility index (Phi) is 2.55. The summed E-state index contributed by atoms with van der Waals surface area (Å²) in [4.78, 5) is 2.34. The zero-order valence-corrected chi connectivity index (χ0v) is 7.93. The minimum atomic E-state index is 0.475. The number of rotatable bonds is 0. The Balaban J connectivity index is 0.000000281. The van der Waals surface area contributed by atoms with Gasteiger partial charge in [0, 0.05) is 19.1 Å². The van der Waals surface area contributed by atoms with E-state index in [4.69, 9.17) is 5.73 Å². The van der Waals surface area contributed by atoms with Crippen molar-refractivity contribution in [3.05, 3.63) is 0 Å². The van der Waals surface area contributed by atoms with Gasteiger partial charge in [0.2, 0.25) is 0 Å². The van der Waals surface area contributed by atoms with Crippen LogP contribution in [-0.4, -0.2) is 31.1 Å². The van der Waals surface area contributed by atoms with Gasteiger partial charge in [-0.15, -0.1) is 0 Å². The fourth-order valence-corrected chi connectivity index (χ4v) is 1.94. The highest BCUT2D eigenvalue weighted by Gasteiger charge is 2.52. The quantitative estimate of drug-likeness (QED) is 0.568. The van der Waals surface area contributed by atoms with Crippen LogP contribution in [0.25, 0.3) is 0 Å². The smallest absolute Gasteiger partial charge is 0.0237 e. The second-order valence-corrected chi connectivity index (χ2v) is 3.67. The lowest BCUT2D eigenvalue weighted by Gasteiger charge is -2.08. The first-order valence-corrected chi connectivity index (χ1v) is 4.67. The van der Waals surface area contributed by atoms with Gasteiger partial charge in [-0.2, -0.15) is 0 Å². The van der Waals surface area contributed by atoms with Gasteiger partial charge in [0.25, 0.3) is 0 Å². The lowest BCUT2D eigenvalue weighted by Crippen LogP contribution is -2.30. The van der Waals surface area contributed by atoms with Crippen molar-refractivity contribution in [2.45, 2.75) is 32.7 Å². The van der Waals surface area contributed by atoms with E-state index in [0.29, 0.717) is 11.5 Å². The molecule has 1 aliphatic heterocycles. The van der Waals surface area contributed by atoms with Gasteiger partial charge < -0.3 is 10.6 Å². The summed E-state index contributed by atoms with van der Waals surface area (Å²) in [6.45, 7) is 6.36. The molecule has 2 heteroatoms. The maximum atomic E-state index is 5.92. The summed E-state index contributed by atoms with van der Waals surface area (Å²) < 4.78 is 0. The van der Waals surface area contributed by atoms with Gasteiger partial charge in [-0.25, -0.2) is 0 Å². The molecule has 1 aliphatic carbocycles. The number of likely N-dealkylation sites (N-methyl/N-ethyl adjacent to an activating group) is 1. The van der Waals surface area contributed by atoms with Crippen LogP contribution in [0.2, 0.25) is 0 Å². The molecule has 2 fully saturated rings. The monoisotopic (exact) mass is 156 g/mol. The van der Waals surface area contributed by atoms with Crippen molar-refractivity contribution in [2.24, 2.45) is 11.1 Å². The molecule has 1 atom stereocenters. The van der Waals surface area contributed by atoms with Gasteiger partial charge in [0.05, 0.1) is 0 Å². The van der Waals surface area contributed by atoms with E-state index in [1.54, 1.807) is 0 Å². The average Bonchev–Trinajstić information content (AvgIpc) is 2.67. The molecule has 1 saturated carbocycles. The molecule has 0 aromatic rings. The van der Waals surface area contributed by atoms with Crippen molar-refractivity contribution >= 4 is 0 Å². The summed E-state index contributed by atoms with van der Waals surface area (Å²) in [5.41, 5.74) is 6.50. The van der Waals surface area contributed by atoms with Crippen molar-refractivity contribution in [3.8, 4) is 0 Å². The van der Waals surface area contributed by atoms with E-state index in [1.807, 2.05) is 13.8 Å². The van der Waals surface area contributed by atoms with E-state index in [2.05, 4.69) is 11.9 Å². The summed E-state index contributed by atoms with van der Waals surface area (Å²) in [6, 6.07) is 0.475. The fourth-order valence-electron chi connectivity index (χ4n) is 1.94. The Bertz CT molecular complexity index is 130. The van der Waals surface area contributed by atoms with E-state index in [9.17, 15) is 0 Å². The maximum Gasteiger partial charge on any atom is 0.0237 e. The van der Waals surface area contributed by atoms with Crippen LogP contribution in [0.5, 0.6) is 0 Å². The largest absolute Gasteiger partial charge is 0.326 e. The molecule has 1 heterocycles. The topological polar surface area (TPSA) is 29.3 Å². The molecule has 1 spiro atoms. The van der Waals surface area contributed by atoms with Crippen molar-refractivity contribution in [1.82, 2.24) is 4.90 Å². The first-order valence-electron chi connectivity index (χ1n) is 4.67. The molecule has 1 saturated heterocycles. The van der Waals surface area contributed by atoms with Crippen LogP contribution >= 0.6 is 0 Å². The van der Waals surface area contributed by atoms with E-state index in [1.165, 1.54) is 19.4 Å². The molecule has 0 aromatic carbocycles. The molecule has 2 rings (SSSR count). The zero-order valence-electron chi connectivity index (χ0n) is 7.93. The van der Waals surface area contributed by atoms with E-state index < -0.39 is 0 Å².